The second-order valence-electron chi connectivity index (χ2n) is 4.64. The maximum absolute atomic E-state index is 5.49. The summed E-state index contributed by atoms with van der Waals surface area (Å²) in [7, 11) is 2.13. The number of rotatable bonds is 12. The van der Waals surface area contributed by atoms with Gasteiger partial charge in [-0.1, -0.05) is 20.8 Å². The molecule has 0 amide bonds. The van der Waals surface area contributed by atoms with E-state index in [1.807, 2.05) is 0 Å². The van der Waals surface area contributed by atoms with Crippen molar-refractivity contribution in [3.8, 4) is 0 Å². The van der Waals surface area contributed by atoms with Crippen molar-refractivity contribution in [1.29, 1.82) is 0 Å². The summed E-state index contributed by atoms with van der Waals surface area (Å²) < 4.78 is 10.9. The van der Waals surface area contributed by atoms with E-state index in [0.29, 0.717) is 19.3 Å². The van der Waals surface area contributed by atoms with Crippen molar-refractivity contribution in [3.05, 3.63) is 0 Å². The number of likely N-dealkylation sites (N-methyl/N-ethyl adjacent to an activating group) is 1. The normalized spacial score (nSPS) is 11.6. The van der Waals surface area contributed by atoms with Crippen LogP contribution in [-0.4, -0.2) is 64.1 Å². The Balaban J connectivity index is 3.03. The molecule has 0 aromatic heterocycles. The molecule has 17 heavy (non-hydrogen) atoms. The van der Waals surface area contributed by atoms with Crippen LogP contribution in [0.15, 0.2) is 0 Å². The van der Waals surface area contributed by atoms with E-state index < -0.39 is 0 Å². The SMILES string of the molecule is CCCN(C)CCOCCOCCNC(C)C. The summed E-state index contributed by atoms with van der Waals surface area (Å²) in [4.78, 5) is 2.29. The fourth-order valence-electron chi connectivity index (χ4n) is 1.46. The van der Waals surface area contributed by atoms with Crippen molar-refractivity contribution in [2.75, 3.05) is 53.1 Å². The highest BCUT2D eigenvalue weighted by atomic mass is 16.5. The third-order valence-electron chi connectivity index (χ3n) is 2.39. The van der Waals surface area contributed by atoms with Gasteiger partial charge < -0.3 is 19.7 Å². The molecule has 0 atom stereocenters. The van der Waals surface area contributed by atoms with Crippen molar-refractivity contribution < 1.29 is 9.47 Å². The van der Waals surface area contributed by atoms with Gasteiger partial charge in [-0.2, -0.15) is 0 Å². The molecule has 0 saturated carbocycles. The zero-order valence-corrected chi connectivity index (χ0v) is 12.0. The zero-order chi connectivity index (χ0) is 12.9. The molecule has 4 nitrogen and oxygen atoms in total. The monoisotopic (exact) mass is 246 g/mol. The van der Waals surface area contributed by atoms with E-state index in [1.165, 1.54) is 6.42 Å². The number of ether oxygens (including phenoxy) is 2. The topological polar surface area (TPSA) is 33.7 Å². The highest BCUT2D eigenvalue weighted by molar-refractivity contribution is 4.51. The Kier molecular flexibility index (Phi) is 12.2. The lowest BCUT2D eigenvalue weighted by atomic mass is 10.4. The maximum Gasteiger partial charge on any atom is 0.0701 e. The van der Waals surface area contributed by atoms with Gasteiger partial charge in [-0.05, 0) is 20.0 Å². The van der Waals surface area contributed by atoms with Crippen molar-refractivity contribution in [1.82, 2.24) is 10.2 Å². The molecule has 0 aliphatic rings. The van der Waals surface area contributed by atoms with E-state index in [2.05, 4.69) is 38.0 Å². The Bertz CT molecular complexity index is 154. The standard InChI is InChI=1S/C13H30N2O2/c1-5-7-15(4)8-10-17-12-11-16-9-6-14-13(2)3/h13-14H,5-12H2,1-4H3. The summed E-state index contributed by atoms with van der Waals surface area (Å²) in [5, 5.41) is 3.30. The molecule has 0 aromatic carbocycles. The molecule has 0 radical (unpaired) electrons. The van der Waals surface area contributed by atoms with Gasteiger partial charge in [0.15, 0.2) is 0 Å². The van der Waals surface area contributed by atoms with Crippen LogP contribution in [0.1, 0.15) is 27.2 Å². The van der Waals surface area contributed by atoms with Crippen LogP contribution in [0.25, 0.3) is 0 Å². The molecule has 0 fully saturated rings. The third-order valence-corrected chi connectivity index (χ3v) is 2.39. The van der Waals surface area contributed by atoms with Crippen LogP contribution in [0.4, 0.5) is 0 Å². The van der Waals surface area contributed by atoms with Crippen LogP contribution in [-0.2, 0) is 9.47 Å². The molecule has 104 valence electrons. The molecule has 0 aliphatic heterocycles. The lowest BCUT2D eigenvalue weighted by Crippen LogP contribution is -2.27. The Labute approximate surface area is 107 Å². The Morgan fingerprint density at radius 1 is 1.00 bits per heavy atom. The van der Waals surface area contributed by atoms with Crippen LogP contribution in [0.3, 0.4) is 0 Å². The number of hydrogen-bond acceptors (Lipinski definition) is 4. The molecule has 0 unspecified atom stereocenters. The minimum Gasteiger partial charge on any atom is -0.378 e. The van der Waals surface area contributed by atoms with Gasteiger partial charge in [0.2, 0.25) is 0 Å². The highest BCUT2D eigenvalue weighted by Crippen LogP contribution is 1.87. The van der Waals surface area contributed by atoms with Crippen molar-refractivity contribution in [3.63, 3.8) is 0 Å². The number of nitrogens with zero attached hydrogens (tertiary/aromatic N) is 1. The van der Waals surface area contributed by atoms with Gasteiger partial charge in [0, 0.05) is 19.1 Å². The minimum atomic E-state index is 0.531. The summed E-state index contributed by atoms with van der Waals surface area (Å²) in [6.07, 6.45) is 1.20. The molecule has 4 heteroatoms. The first-order valence-corrected chi connectivity index (χ1v) is 6.74. The molecule has 1 N–H and O–H groups in total. The Hall–Kier alpha value is -0.160. The first kappa shape index (κ1) is 16.8. The third kappa shape index (κ3) is 13.8. The quantitative estimate of drug-likeness (QED) is 0.527. The summed E-state index contributed by atoms with van der Waals surface area (Å²) in [5.41, 5.74) is 0. The van der Waals surface area contributed by atoms with Gasteiger partial charge in [0.1, 0.15) is 0 Å². The van der Waals surface area contributed by atoms with E-state index in [9.17, 15) is 0 Å². The predicted molar refractivity (Wildman–Crippen MR) is 72.6 cm³/mol. The highest BCUT2D eigenvalue weighted by Gasteiger charge is 1.96. The van der Waals surface area contributed by atoms with Gasteiger partial charge in [-0.3, -0.25) is 0 Å². The summed E-state index contributed by atoms with van der Waals surface area (Å²) in [6, 6.07) is 0.531. The van der Waals surface area contributed by atoms with Crippen LogP contribution in [0.2, 0.25) is 0 Å². The van der Waals surface area contributed by atoms with Gasteiger partial charge in [-0.25, -0.2) is 0 Å². The molecule has 0 aromatic rings. The fourth-order valence-corrected chi connectivity index (χ4v) is 1.46. The molecule has 0 saturated heterocycles. The van der Waals surface area contributed by atoms with Crippen molar-refractivity contribution in [2.24, 2.45) is 0 Å². The van der Waals surface area contributed by atoms with Gasteiger partial charge in [-0.15, -0.1) is 0 Å². The second-order valence-corrected chi connectivity index (χ2v) is 4.64. The van der Waals surface area contributed by atoms with Crippen LogP contribution < -0.4 is 5.32 Å². The largest absolute Gasteiger partial charge is 0.378 e. The maximum atomic E-state index is 5.49. The average Bonchev–Trinajstić information content (AvgIpc) is 2.27. The van der Waals surface area contributed by atoms with Crippen LogP contribution in [0.5, 0.6) is 0 Å². The molecular weight excluding hydrogens is 216 g/mol. The Morgan fingerprint density at radius 2 is 1.65 bits per heavy atom. The molecule has 0 spiro atoms. The van der Waals surface area contributed by atoms with Crippen molar-refractivity contribution in [2.45, 2.75) is 33.2 Å². The molecule has 0 aliphatic carbocycles. The van der Waals surface area contributed by atoms with E-state index >= 15 is 0 Å². The van der Waals surface area contributed by atoms with Gasteiger partial charge >= 0.3 is 0 Å². The first-order chi connectivity index (χ1) is 8.16. The lowest BCUT2D eigenvalue weighted by molar-refractivity contribution is 0.0416. The smallest absolute Gasteiger partial charge is 0.0701 e. The summed E-state index contributed by atoms with van der Waals surface area (Å²) in [6.45, 7) is 12.5. The molecule has 0 heterocycles. The molecular formula is C13H30N2O2. The molecule has 0 rings (SSSR count). The van der Waals surface area contributed by atoms with E-state index in [0.717, 1.165) is 32.8 Å². The first-order valence-electron chi connectivity index (χ1n) is 6.74. The predicted octanol–water partition coefficient (Wildman–Crippen LogP) is 1.36. The summed E-state index contributed by atoms with van der Waals surface area (Å²) >= 11 is 0. The second kappa shape index (κ2) is 12.3. The van der Waals surface area contributed by atoms with E-state index in [1.54, 1.807) is 0 Å². The minimum absolute atomic E-state index is 0.531. The zero-order valence-electron chi connectivity index (χ0n) is 12.0. The van der Waals surface area contributed by atoms with Gasteiger partial charge in [0.25, 0.3) is 0 Å². The summed E-state index contributed by atoms with van der Waals surface area (Å²) in [5.74, 6) is 0. The van der Waals surface area contributed by atoms with Crippen molar-refractivity contribution >= 4 is 0 Å². The van der Waals surface area contributed by atoms with Crippen LogP contribution >= 0.6 is 0 Å². The molecule has 0 bridgehead atoms. The van der Waals surface area contributed by atoms with E-state index in [4.69, 9.17) is 9.47 Å². The number of hydrogen-bond donors (Lipinski definition) is 1. The Morgan fingerprint density at radius 3 is 2.24 bits per heavy atom. The average molecular weight is 246 g/mol. The lowest BCUT2D eigenvalue weighted by Gasteiger charge is -2.15. The fraction of sp³-hybridized carbons (Fsp3) is 1.00. The van der Waals surface area contributed by atoms with Crippen LogP contribution in [0, 0.1) is 0 Å². The van der Waals surface area contributed by atoms with Gasteiger partial charge in [0.05, 0.1) is 26.4 Å². The number of nitrogens with one attached hydrogen (secondary N) is 1. The van der Waals surface area contributed by atoms with E-state index in [-0.39, 0.29) is 0 Å².